The minimum absolute atomic E-state index is 0.210. The molecule has 0 aliphatic heterocycles. The lowest BCUT2D eigenvalue weighted by Gasteiger charge is -1.88. The molecule has 0 atom stereocenters. The van der Waals surface area contributed by atoms with Gasteiger partial charge in [-0.1, -0.05) is 6.92 Å². The maximum Gasteiger partial charge on any atom is 0.330 e. The van der Waals surface area contributed by atoms with Crippen LogP contribution in [-0.4, -0.2) is 21.7 Å². The summed E-state index contributed by atoms with van der Waals surface area (Å²) in [6, 6.07) is 0.210. The smallest absolute Gasteiger partial charge is 0.330 e. The summed E-state index contributed by atoms with van der Waals surface area (Å²) in [5.74, 6) is 0. The highest BCUT2D eigenvalue weighted by Gasteiger charge is 2.01. The van der Waals surface area contributed by atoms with Crippen molar-refractivity contribution in [2.45, 2.75) is 13.3 Å². The maximum atomic E-state index is 11.2. The summed E-state index contributed by atoms with van der Waals surface area (Å²) >= 11 is 0. The van der Waals surface area contributed by atoms with Crippen LogP contribution in [0.15, 0.2) is 15.0 Å². The third kappa shape index (κ3) is 2.65. The van der Waals surface area contributed by atoms with Crippen LogP contribution in [0.4, 0.5) is 6.01 Å². The molecule has 1 heterocycles. The van der Waals surface area contributed by atoms with Gasteiger partial charge in [-0.05, 0) is 6.42 Å². The van der Waals surface area contributed by atoms with E-state index in [9.17, 15) is 4.21 Å². The Balaban J connectivity index is 2.99. The van der Waals surface area contributed by atoms with E-state index in [2.05, 4.69) is 9.35 Å². The average molecular weight is 188 g/mol. The van der Waals surface area contributed by atoms with Crippen LogP contribution in [0.25, 0.3) is 0 Å². The molecule has 0 amide bonds. The lowest BCUT2D eigenvalue weighted by molar-refractivity contribution is 0.568. The summed E-state index contributed by atoms with van der Waals surface area (Å²) in [4.78, 5) is 4.00. The van der Waals surface area contributed by atoms with Gasteiger partial charge in [-0.15, -0.1) is 4.36 Å². The molecular weight excluding hydrogens is 176 g/mol. The van der Waals surface area contributed by atoms with Crippen molar-refractivity contribution in [3.63, 3.8) is 0 Å². The molecule has 0 bridgehead atoms. The molecule has 68 valence electrons. The molecule has 0 spiro atoms. The van der Waals surface area contributed by atoms with Crippen molar-refractivity contribution in [1.29, 1.82) is 0 Å². The standard InChI is InChI=1S/C7H12N2O2S/c1-4-6-5-11-7(8-6)9-12(2,3)10/h5H,4H2,1-3H3. The third-order valence-electron chi connectivity index (χ3n) is 1.20. The summed E-state index contributed by atoms with van der Waals surface area (Å²) in [5, 5.41) is 0. The van der Waals surface area contributed by atoms with E-state index in [1.807, 2.05) is 6.92 Å². The van der Waals surface area contributed by atoms with Crippen molar-refractivity contribution < 1.29 is 8.63 Å². The summed E-state index contributed by atoms with van der Waals surface area (Å²) in [5.41, 5.74) is 0.831. The second-order valence-corrected chi connectivity index (χ2v) is 5.29. The van der Waals surface area contributed by atoms with Gasteiger partial charge in [0.05, 0.1) is 15.4 Å². The molecule has 0 aromatic carbocycles. The van der Waals surface area contributed by atoms with Gasteiger partial charge in [-0.3, -0.25) is 0 Å². The first-order valence-electron chi connectivity index (χ1n) is 3.63. The number of hydrogen-bond donors (Lipinski definition) is 0. The minimum atomic E-state index is -2.15. The summed E-state index contributed by atoms with van der Waals surface area (Å²) in [7, 11) is -2.15. The zero-order valence-electron chi connectivity index (χ0n) is 7.40. The van der Waals surface area contributed by atoms with Crippen LogP contribution in [0.1, 0.15) is 12.6 Å². The number of rotatable bonds is 2. The second-order valence-electron chi connectivity index (χ2n) is 2.75. The van der Waals surface area contributed by atoms with Crippen molar-refractivity contribution in [3.8, 4) is 0 Å². The van der Waals surface area contributed by atoms with Gasteiger partial charge in [-0.2, -0.15) is 4.98 Å². The normalized spacial score (nSPS) is 11.6. The van der Waals surface area contributed by atoms with E-state index < -0.39 is 9.73 Å². The molecule has 0 saturated carbocycles. The molecular formula is C7H12N2O2S. The zero-order valence-corrected chi connectivity index (χ0v) is 8.22. The van der Waals surface area contributed by atoms with Gasteiger partial charge in [-0.25, -0.2) is 4.21 Å². The molecule has 12 heavy (non-hydrogen) atoms. The Morgan fingerprint density at radius 2 is 2.33 bits per heavy atom. The van der Waals surface area contributed by atoms with Gasteiger partial charge in [0, 0.05) is 12.5 Å². The van der Waals surface area contributed by atoms with Crippen molar-refractivity contribution in [1.82, 2.24) is 4.98 Å². The van der Waals surface area contributed by atoms with Crippen LogP contribution >= 0.6 is 0 Å². The Bertz CT molecular complexity index is 367. The summed E-state index contributed by atoms with van der Waals surface area (Å²) in [6.45, 7) is 1.97. The first kappa shape index (κ1) is 9.25. The Labute approximate surface area is 72.2 Å². The molecule has 0 aliphatic rings. The van der Waals surface area contributed by atoms with Crippen LogP contribution in [0.3, 0.4) is 0 Å². The maximum absolute atomic E-state index is 11.2. The Morgan fingerprint density at radius 1 is 1.67 bits per heavy atom. The van der Waals surface area contributed by atoms with Gasteiger partial charge < -0.3 is 4.42 Å². The molecule has 1 aromatic heterocycles. The van der Waals surface area contributed by atoms with Crippen LogP contribution in [0, 0.1) is 0 Å². The molecule has 4 nitrogen and oxygen atoms in total. The number of oxazole rings is 1. The summed E-state index contributed by atoms with van der Waals surface area (Å²) in [6.07, 6.45) is 5.42. The molecule has 0 radical (unpaired) electrons. The predicted octanol–water partition coefficient (Wildman–Crippen LogP) is 1.60. The fourth-order valence-corrected chi connectivity index (χ4v) is 1.15. The van der Waals surface area contributed by atoms with Gasteiger partial charge in [0.2, 0.25) is 0 Å². The fraction of sp³-hybridized carbons (Fsp3) is 0.571. The largest absolute Gasteiger partial charge is 0.430 e. The lowest BCUT2D eigenvalue weighted by Crippen LogP contribution is -1.88. The van der Waals surface area contributed by atoms with Gasteiger partial charge in [0.1, 0.15) is 6.26 Å². The van der Waals surface area contributed by atoms with Crippen molar-refractivity contribution in [2.24, 2.45) is 4.36 Å². The van der Waals surface area contributed by atoms with Crippen LogP contribution in [0.5, 0.6) is 0 Å². The van der Waals surface area contributed by atoms with Crippen LogP contribution < -0.4 is 0 Å². The van der Waals surface area contributed by atoms with E-state index in [4.69, 9.17) is 4.42 Å². The van der Waals surface area contributed by atoms with E-state index in [1.165, 1.54) is 6.26 Å². The highest BCUT2D eigenvalue weighted by atomic mass is 32.2. The third-order valence-corrected chi connectivity index (χ3v) is 1.80. The fourth-order valence-electron chi connectivity index (χ4n) is 0.689. The molecule has 0 aliphatic carbocycles. The topological polar surface area (TPSA) is 55.5 Å². The lowest BCUT2D eigenvalue weighted by atomic mass is 10.4. The average Bonchev–Trinajstić information content (AvgIpc) is 2.32. The molecule has 0 unspecified atom stereocenters. The Kier molecular flexibility index (Phi) is 2.52. The van der Waals surface area contributed by atoms with Crippen LogP contribution in [0.2, 0.25) is 0 Å². The highest BCUT2D eigenvalue weighted by molar-refractivity contribution is 7.92. The summed E-state index contributed by atoms with van der Waals surface area (Å²) < 4.78 is 20.0. The van der Waals surface area contributed by atoms with E-state index >= 15 is 0 Å². The SMILES string of the molecule is CCc1coc(N=S(C)(C)=O)n1. The quantitative estimate of drug-likeness (QED) is 0.708. The molecule has 1 aromatic rings. The number of aryl methyl sites for hydroxylation is 1. The van der Waals surface area contributed by atoms with E-state index in [-0.39, 0.29) is 6.01 Å². The molecule has 0 N–H and O–H groups in total. The number of aromatic nitrogens is 1. The zero-order chi connectivity index (χ0) is 9.19. The minimum Gasteiger partial charge on any atom is -0.430 e. The van der Waals surface area contributed by atoms with Crippen molar-refractivity contribution in [2.75, 3.05) is 12.5 Å². The number of hydrogen-bond acceptors (Lipinski definition) is 4. The van der Waals surface area contributed by atoms with Crippen LogP contribution in [-0.2, 0) is 16.1 Å². The predicted molar refractivity (Wildman–Crippen MR) is 48.0 cm³/mol. The second kappa shape index (κ2) is 3.26. The van der Waals surface area contributed by atoms with E-state index in [0.717, 1.165) is 12.1 Å². The Hall–Kier alpha value is -0.840. The van der Waals surface area contributed by atoms with Gasteiger partial charge in [0.25, 0.3) is 0 Å². The Morgan fingerprint density at radius 3 is 2.75 bits per heavy atom. The van der Waals surface area contributed by atoms with Crippen molar-refractivity contribution in [3.05, 3.63) is 12.0 Å². The number of nitrogens with zero attached hydrogens (tertiary/aromatic N) is 2. The molecule has 5 heteroatoms. The van der Waals surface area contributed by atoms with Crippen molar-refractivity contribution >= 4 is 15.7 Å². The molecule has 1 rings (SSSR count). The first-order chi connectivity index (χ1) is 5.51. The molecule has 0 saturated heterocycles. The van der Waals surface area contributed by atoms with Gasteiger partial charge >= 0.3 is 6.01 Å². The van der Waals surface area contributed by atoms with E-state index in [0.29, 0.717) is 0 Å². The monoisotopic (exact) mass is 188 g/mol. The van der Waals surface area contributed by atoms with Gasteiger partial charge in [0.15, 0.2) is 0 Å². The molecule has 0 fully saturated rings. The highest BCUT2D eigenvalue weighted by Crippen LogP contribution is 2.12. The first-order valence-corrected chi connectivity index (χ1v) is 5.96. The van der Waals surface area contributed by atoms with E-state index in [1.54, 1.807) is 12.5 Å².